The molecule has 1 aromatic heterocycles. The van der Waals surface area contributed by atoms with Gasteiger partial charge in [0.25, 0.3) is 5.91 Å². The molecule has 0 aliphatic carbocycles. The van der Waals surface area contributed by atoms with Gasteiger partial charge in [-0.05, 0) is 50.1 Å². The van der Waals surface area contributed by atoms with Crippen molar-refractivity contribution in [2.24, 2.45) is 0 Å². The van der Waals surface area contributed by atoms with Crippen molar-refractivity contribution < 1.29 is 9.90 Å². The van der Waals surface area contributed by atoms with Crippen LogP contribution in [0.2, 0.25) is 0 Å². The summed E-state index contributed by atoms with van der Waals surface area (Å²) in [5, 5.41) is 33.0. The first-order valence-electron chi connectivity index (χ1n) is 12.0. The third-order valence-electron chi connectivity index (χ3n) is 7.20. The Morgan fingerprint density at radius 2 is 1.35 bits per heavy atom. The van der Waals surface area contributed by atoms with E-state index in [-0.39, 0.29) is 5.91 Å². The second kappa shape index (κ2) is 8.06. The van der Waals surface area contributed by atoms with Crippen LogP contribution in [0.25, 0.3) is 27.5 Å². The topological polar surface area (TPSA) is 93.0 Å². The lowest BCUT2D eigenvalue weighted by molar-refractivity contribution is 0.0934. The number of amides is 1. The number of carbonyl (C=O) groups is 1. The zero-order valence-corrected chi connectivity index (χ0v) is 20.6. The molecule has 0 saturated carbocycles. The number of aromatic nitrogens is 1. The van der Waals surface area contributed by atoms with Crippen LogP contribution in [0.5, 0.6) is 0 Å². The Morgan fingerprint density at radius 3 is 1.89 bits per heavy atom. The number of nitrogens with zero attached hydrogens (tertiary/aromatic N) is 4. The molecule has 37 heavy (non-hydrogen) atoms. The minimum Gasteiger partial charge on any atom is -0.369 e. The van der Waals surface area contributed by atoms with Gasteiger partial charge >= 0.3 is 0 Å². The smallest absolute Gasteiger partial charge is 0.263 e. The number of hydrogen-bond acceptors (Lipinski definition) is 4. The van der Waals surface area contributed by atoms with E-state index in [0.717, 1.165) is 27.5 Å². The van der Waals surface area contributed by atoms with Crippen molar-refractivity contribution in [3.05, 3.63) is 106 Å². The number of aliphatic hydroxyl groups excluding tert-OH is 1. The summed E-state index contributed by atoms with van der Waals surface area (Å²) in [5.41, 5.74) is 7.04. The van der Waals surface area contributed by atoms with Crippen LogP contribution in [-0.2, 0) is 0 Å². The average molecular weight is 483 g/mol. The number of anilines is 1. The minimum atomic E-state index is -1.17. The molecule has 0 bridgehead atoms. The second-order valence-electron chi connectivity index (χ2n) is 9.50. The van der Waals surface area contributed by atoms with E-state index in [0.29, 0.717) is 44.7 Å². The summed E-state index contributed by atoms with van der Waals surface area (Å²) in [5.74, 6) is -0.327. The molecule has 2 heterocycles. The standard InChI is InChI=1S/C31H22N4O2/c1-17-13-18(2)27(19(3)14-17)35-30(36)24-11-6-12-25(26(24)31(35)37)34-28-20(15-32)7-4-9-22(28)23-10-5-8-21(16-33)29(23)34/h4-14,30,36H,1-3H3. The maximum atomic E-state index is 14.1. The van der Waals surface area contributed by atoms with Crippen molar-refractivity contribution in [1.82, 2.24) is 4.57 Å². The van der Waals surface area contributed by atoms with E-state index in [9.17, 15) is 20.4 Å². The fourth-order valence-corrected chi connectivity index (χ4v) is 5.88. The first kappa shape index (κ1) is 22.5. The van der Waals surface area contributed by atoms with Gasteiger partial charge in [-0.3, -0.25) is 9.69 Å². The Labute approximate surface area is 213 Å². The number of hydrogen-bond donors (Lipinski definition) is 1. The number of nitriles is 2. The van der Waals surface area contributed by atoms with Gasteiger partial charge in [0, 0.05) is 16.3 Å². The van der Waals surface area contributed by atoms with Crippen LogP contribution in [0.1, 0.15) is 50.0 Å². The number of aryl methyl sites for hydroxylation is 3. The normalized spacial score (nSPS) is 14.7. The SMILES string of the molecule is Cc1cc(C)c(N2C(=O)c3c(cccc3-n3c4c(C#N)cccc4c4cccc(C#N)c43)C2O)c(C)c1. The molecule has 1 unspecified atom stereocenters. The number of para-hydroxylation sites is 2. The summed E-state index contributed by atoms with van der Waals surface area (Å²) >= 11 is 0. The number of aliphatic hydroxyl groups is 1. The van der Waals surface area contributed by atoms with E-state index >= 15 is 0 Å². The van der Waals surface area contributed by atoms with Gasteiger partial charge in [-0.1, -0.05) is 54.1 Å². The van der Waals surface area contributed by atoms with E-state index in [4.69, 9.17) is 0 Å². The van der Waals surface area contributed by atoms with E-state index in [1.807, 2.05) is 67.8 Å². The summed E-state index contributed by atoms with van der Waals surface area (Å²) in [6, 6.07) is 24.8. The van der Waals surface area contributed by atoms with E-state index in [2.05, 4.69) is 12.1 Å². The highest BCUT2D eigenvalue weighted by atomic mass is 16.3. The minimum absolute atomic E-state index is 0.327. The quantitative estimate of drug-likeness (QED) is 0.329. The zero-order valence-electron chi connectivity index (χ0n) is 20.6. The van der Waals surface area contributed by atoms with Crippen LogP contribution >= 0.6 is 0 Å². The Balaban J connectivity index is 1.71. The summed E-state index contributed by atoms with van der Waals surface area (Å²) in [6.07, 6.45) is -1.17. The van der Waals surface area contributed by atoms with Gasteiger partial charge in [0.2, 0.25) is 0 Å². The van der Waals surface area contributed by atoms with Gasteiger partial charge in [-0.15, -0.1) is 0 Å². The van der Waals surface area contributed by atoms with E-state index < -0.39 is 6.23 Å². The second-order valence-corrected chi connectivity index (χ2v) is 9.50. The fraction of sp³-hybridized carbons (Fsp3) is 0.129. The summed E-state index contributed by atoms with van der Waals surface area (Å²) in [6.45, 7) is 5.87. The van der Waals surface area contributed by atoms with Crippen LogP contribution in [0.15, 0.2) is 66.7 Å². The lowest BCUT2D eigenvalue weighted by Crippen LogP contribution is -2.29. The lowest BCUT2D eigenvalue weighted by atomic mass is 10.0. The van der Waals surface area contributed by atoms with Crippen molar-refractivity contribution in [2.75, 3.05) is 4.90 Å². The van der Waals surface area contributed by atoms with Gasteiger partial charge < -0.3 is 9.67 Å². The molecule has 6 heteroatoms. The molecule has 1 N–H and O–H groups in total. The van der Waals surface area contributed by atoms with Crippen molar-refractivity contribution in [3.8, 4) is 17.8 Å². The maximum absolute atomic E-state index is 14.1. The molecule has 5 aromatic rings. The largest absolute Gasteiger partial charge is 0.369 e. The molecule has 0 spiro atoms. The van der Waals surface area contributed by atoms with Crippen LogP contribution in [-0.4, -0.2) is 15.6 Å². The molecule has 1 amide bonds. The van der Waals surface area contributed by atoms with Crippen molar-refractivity contribution >= 4 is 33.4 Å². The molecule has 1 atom stereocenters. The highest BCUT2D eigenvalue weighted by Crippen LogP contribution is 2.44. The molecular formula is C31H22N4O2. The highest BCUT2D eigenvalue weighted by molar-refractivity contribution is 6.17. The van der Waals surface area contributed by atoms with E-state index in [1.165, 1.54) is 4.90 Å². The van der Waals surface area contributed by atoms with Gasteiger partial charge in [0.15, 0.2) is 6.23 Å². The summed E-state index contributed by atoms with van der Waals surface area (Å²) in [7, 11) is 0. The van der Waals surface area contributed by atoms with Crippen LogP contribution in [0.4, 0.5) is 5.69 Å². The van der Waals surface area contributed by atoms with Crippen LogP contribution in [0.3, 0.4) is 0 Å². The Morgan fingerprint density at radius 1 is 0.811 bits per heavy atom. The van der Waals surface area contributed by atoms with Gasteiger partial charge in [-0.25, -0.2) is 0 Å². The molecule has 1 aliphatic heterocycles. The number of fused-ring (bicyclic) bond motifs is 4. The molecule has 0 fully saturated rings. The molecule has 4 aromatic carbocycles. The van der Waals surface area contributed by atoms with Crippen LogP contribution in [0, 0.1) is 43.4 Å². The van der Waals surface area contributed by atoms with Crippen LogP contribution < -0.4 is 4.90 Å². The number of rotatable bonds is 2. The first-order valence-corrected chi connectivity index (χ1v) is 12.0. The highest BCUT2D eigenvalue weighted by Gasteiger charge is 2.40. The first-order chi connectivity index (χ1) is 17.9. The predicted molar refractivity (Wildman–Crippen MR) is 143 cm³/mol. The molecular weight excluding hydrogens is 460 g/mol. The Hall–Kier alpha value is -4.91. The van der Waals surface area contributed by atoms with Gasteiger partial charge in [0.05, 0.1) is 39.1 Å². The number of carbonyl (C=O) groups excluding carboxylic acids is 1. The van der Waals surface area contributed by atoms with Crippen molar-refractivity contribution in [2.45, 2.75) is 27.0 Å². The molecule has 178 valence electrons. The summed E-state index contributed by atoms with van der Waals surface area (Å²) in [4.78, 5) is 15.6. The third kappa shape index (κ3) is 3.04. The lowest BCUT2D eigenvalue weighted by Gasteiger charge is -2.25. The summed E-state index contributed by atoms with van der Waals surface area (Å²) < 4.78 is 1.84. The zero-order chi connectivity index (χ0) is 26.0. The fourth-order valence-electron chi connectivity index (χ4n) is 5.88. The predicted octanol–water partition coefficient (Wildman–Crippen LogP) is 6.10. The van der Waals surface area contributed by atoms with Crippen molar-refractivity contribution in [1.29, 1.82) is 10.5 Å². The Kier molecular flexibility index (Phi) is 4.91. The van der Waals surface area contributed by atoms with Gasteiger partial charge in [-0.2, -0.15) is 10.5 Å². The molecule has 0 saturated heterocycles. The van der Waals surface area contributed by atoms with Crippen molar-refractivity contribution in [3.63, 3.8) is 0 Å². The number of benzene rings is 4. The molecule has 0 radical (unpaired) electrons. The maximum Gasteiger partial charge on any atom is 0.263 e. The molecule has 1 aliphatic rings. The van der Waals surface area contributed by atoms with Gasteiger partial charge in [0.1, 0.15) is 12.1 Å². The monoisotopic (exact) mass is 482 g/mol. The third-order valence-corrected chi connectivity index (χ3v) is 7.20. The average Bonchev–Trinajstić information content (AvgIpc) is 3.36. The molecule has 6 nitrogen and oxygen atoms in total. The molecule has 6 rings (SSSR count). The van der Waals surface area contributed by atoms with E-state index in [1.54, 1.807) is 24.3 Å². The Bertz CT molecular complexity index is 1790.